The van der Waals surface area contributed by atoms with E-state index in [2.05, 4.69) is 362 Å². The molecule has 6 nitrogen and oxygen atoms in total. The molecule has 2 unspecified atom stereocenters. The van der Waals surface area contributed by atoms with E-state index in [-0.39, 0.29) is 100 Å². The zero-order chi connectivity index (χ0) is 93.2. The second-order valence-electron chi connectivity index (χ2n) is 54.7. The average Bonchev–Trinajstić information content (AvgIpc) is 1.44. The summed E-state index contributed by atoms with van der Waals surface area (Å²) < 4.78 is 16.9. The minimum atomic E-state index is -0.315. The van der Waals surface area contributed by atoms with E-state index in [0.717, 1.165) is 114 Å². The number of aryl methyl sites for hydroxylation is 2. The summed E-state index contributed by atoms with van der Waals surface area (Å²) in [5.41, 5.74) is 45.7. The van der Waals surface area contributed by atoms with Crippen LogP contribution in [0.1, 0.15) is 431 Å². The van der Waals surface area contributed by atoms with Crippen LogP contribution < -0.4 is 52.8 Å². The molecule has 8 heteroatoms. The van der Waals surface area contributed by atoms with Crippen LogP contribution in [0.25, 0.3) is 0 Å². The first-order valence-electron chi connectivity index (χ1n) is 51.7. The Morgan fingerprint density at radius 2 is 0.519 bits per heavy atom. The van der Waals surface area contributed by atoms with E-state index in [0.29, 0.717) is 0 Å². The molecule has 22 rings (SSSR count). The molecule has 10 aromatic rings. The normalized spacial score (nSPS) is 25.1. The molecular weight excluding hydrogens is 1590 g/mol. The molecule has 0 bridgehead atoms. The number of hydrogen-bond donors (Lipinski definition) is 0. The Bertz CT molecular complexity index is 6590. The van der Waals surface area contributed by atoms with Gasteiger partial charge in [0.2, 0.25) is 0 Å². The summed E-state index contributed by atoms with van der Waals surface area (Å²) in [5.74, 6) is 2.41. The van der Waals surface area contributed by atoms with Crippen LogP contribution in [-0.4, -0.2) is 13.4 Å². The van der Waals surface area contributed by atoms with E-state index < -0.39 is 0 Å². The topological polar surface area (TPSA) is 39.2 Å². The van der Waals surface area contributed by atoms with Crippen molar-refractivity contribution < 1.29 is 8.83 Å². The first kappa shape index (κ1) is 88.0. The molecule has 2 atom stereocenters. The van der Waals surface area contributed by atoms with Crippen molar-refractivity contribution in [1.82, 2.24) is 0 Å². The summed E-state index contributed by atoms with van der Waals surface area (Å²) in [6.45, 7) is 80.5. The Morgan fingerprint density at radius 3 is 0.908 bits per heavy atom. The maximum absolute atomic E-state index is 8.70. The van der Waals surface area contributed by atoms with Crippen LogP contribution in [0.4, 0.5) is 68.2 Å². The van der Waals surface area contributed by atoms with Gasteiger partial charge in [0, 0.05) is 78.8 Å². The number of rotatable bonds is 8. The van der Waals surface area contributed by atoms with E-state index in [9.17, 15) is 0 Å². The molecule has 0 radical (unpaired) electrons. The van der Waals surface area contributed by atoms with Gasteiger partial charge < -0.3 is 28.4 Å². The van der Waals surface area contributed by atoms with Gasteiger partial charge in [-0.15, -0.1) is 0 Å². The molecule has 12 aliphatic rings. The SMILES string of the molecule is CCc1cc2c3c(c1)N(c1ccc4c(c1)C(C)(C)CCC4(C)C)c1c(oc4c1C(C)(C)CCC4(C)CCC1(C)CCC(C)(C)c4ccc(N5c6cc(C)cc7c6B(c6cc8c(cc6N7c6ccc7c(c6)C(C)(C)CCC7(C)C)C(C)(C)CCC8(C)C)c6oc7c(c65)C(C)(C)CCC7(C)C)cc41)B3c1cc3c(cc1N2c1ccc2c(c1)C(C)(C)CCC2(C)C)C(C)(C)CCC3(C)C. The lowest BCUT2D eigenvalue weighted by Crippen LogP contribution is -2.61. The number of anilines is 12. The fourth-order valence-electron chi connectivity index (χ4n) is 28.9. The summed E-state index contributed by atoms with van der Waals surface area (Å²) in [6.07, 6.45) is 21.0. The van der Waals surface area contributed by atoms with Gasteiger partial charge in [-0.25, -0.2) is 0 Å². The Hall–Kier alpha value is -8.35. The quantitative estimate of drug-likeness (QED) is 0.141. The highest BCUT2D eigenvalue weighted by Gasteiger charge is 2.59. The summed E-state index contributed by atoms with van der Waals surface area (Å²) in [7, 11) is 0. The van der Waals surface area contributed by atoms with Crippen molar-refractivity contribution in [3.05, 3.63) is 222 Å². The lowest BCUT2D eigenvalue weighted by Gasteiger charge is -2.48. The molecule has 2 aromatic heterocycles. The molecule has 0 N–H and O–H groups in total. The first-order valence-corrected chi connectivity index (χ1v) is 51.7. The number of benzene rings is 8. The number of furan rings is 2. The van der Waals surface area contributed by atoms with Crippen molar-refractivity contribution >= 4 is 115 Å². The highest BCUT2D eigenvalue weighted by Crippen LogP contribution is 2.64. The summed E-state index contributed by atoms with van der Waals surface area (Å²) in [5, 5.41) is 0. The summed E-state index contributed by atoms with van der Waals surface area (Å²) >= 11 is 0. The smallest absolute Gasteiger partial charge is 0.297 e. The van der Waals surface area contributed by atoms with E-state index >= 15 is 0 Å². The van der Waals surface area contributed by atoms with Gasteiger partial charge in [0.15, 0.2) is 0 Å². The molecule has 0 spiro atoms. The number of hydrogen-bond acceptors (Lipinski definition) is 6. The van der Waals surface area contributed by atoms with Crippen LogP contribution in [0, 0.1) is 6.92 Å². The minimum absolute atomic E-state index is 0.00183. The van der Waals surface area contributed by atoms with Crippen LogP contribution in [0.15, 0.2) is 130 Å². The molecule has 6 heterocycles. The van der Waals surface area contributed by atoms with Gasteiger partial charge in [0.25, 0.3) is 13.4 Å². The van der Waals surface area contributed by atoms with Gasteiger partial charge in [-0.3, -0.25) is 0 Å². The highest BCUT2D eigenvalue weighted by atomic mass is 16.3. The second kappa shape index (κ2) is 27.3. The number of nitrogens with zero attached hydrogens (tertiary/aromatic N) is 4. The van der Waals surface area contributed by atoms with Gasteiger partial charge >= 0.3 is 0 Å². The third kappa shape index (κ3) is 12.5. The third-order valence-corrected chi connectivity index (χ3v) is 39.0. The van der Waals surface area contributed by atoms with Gasteiger partial charge in [-0.1, -0.05) is 251 Å². The van der Waals surface area contributed by atoms with Crippen molar-refractivity contribution in [1.29, 1.82) is 0 Å². The first-order chi connectivity index (χ1) is 60.9. The lowest BCUT2D eigenvalue weighted by atomic mass is 9.35. The predicted octanol–water partition coefficient (Wildman–Crippen LogP) is 30.1. The van der Waals surface area contributed by atoms with Crippen molar-refractivity contribution in [2.45, 2.75) is 430 Å². The zero-order valence-corrected chi connectivity index (χ0v) is 86.7. The average molecular weight is 1740 g/mol. The zero-order valence-electron chi connectivity index (χ0n) is 86.7. The van der Waals surface area contributed by atoms with Crippen molar-refractivity contribution in [2.24, 2.45) is 0 Å². The predicted molar refractivity (Wildman–Crippen MR) is 560 cm³/mol. The number of fused-ring (bicyclic) bond motifs is 18. The molecule has 8 aliphatic carbocycles. The minimum Gasteiger partial charge on any atom is -0.472 e. The fourth-order valence-corrected chi connectivity index (χ4v) is 28.9. The molecule has 4 aliphatic heterocycles. The monoisotopic (exact) mass is 1740 g/mol. The molecule has 0 amide bonds. The fraction of sp³-hybridized carbons (Fsp3) is 0.545. The summed E-state index contributed by atoms with van der Waals surface area (Å²) in [6, 6.07) is 52.5. The van der Waals surface area contributed by atoms with Crippen LogP contribution >= 0.6 is 0 Å². The highest BCUT2D eigenvalue weighted by molar-refractivity contribution is 7.00. The molecule has 0 fully saturated rings. The van der Waals surface area contributed by atoms with Crippen LogP contribution in [0.3, 0.4) is 0 Å². The molecule has 0 saturated heterocycles. The van der Waals surface area contributed by atoms with Gasteiger partial charge in [0.1, 0.15) is 11.5 Å². The van der Waals surface area contributed by atoms with Gasteiger partial charge in [-0.05, 0) is 389 Å². The molecule has 8 aromatic carbocycles. The largest absolute Gasteiger partial charge is 0.472 e. The van der Waals surface area contributed by atoms with E-state index in [1.54, 1.807) is 0 Å². The molecule has 131 heavy (non-hydrogen) atoms. The summed E-state index contributed by atoms with van der Waals surface area (Å²) in [4.78, 5) is 11.2. The molecule has 0 saturated carbocycles. The standard InChI is InChI=1S/C123H154B2N4O2/c1-33-73-62-96-101-97(63-73)129(76-36-40-80-84(66-76)114(15,16)47-44-110(80,7)8)103-99-105(131-107(103)125(101)91-69-86-88(118(23,24)51-49-116(86,19)20)71-93(91)127(96)75-35-39-79-83(65-75)113(13,14)46-43-109(79,5)6)123(32,57-55-120(99,27)28)59-58-122(31)56-54-111(9,10)81-41-37-77(67-89(81)122)128-95-61-72(2)60-94-100(95)124(106-102(128)98-104(130-106)121(29,30)53-52-119(98,25)26)90-68-85-87(117(21,22)50-48-115(85,17)18)70-92(90)126(94)74-34-38-78-82(64-74)112(11,12)45-42-108(78,3)4/h34-41,60-71H,33,42-59H2,1-32H3. The molecule has 684 valence electrons. The Kier molecular flexibility index (Phi) is 18.3. The van der Waals surface area contributed by atoms with Crippen molar-refractivity contribution in [3.8, 4) is 0 Å². The van der Waals surface area contributed by atoms with Crippen LogP contribution in [-0.2, 0) is 93.1 Å². The Labute approximate surface area is 790 Å². The van der Waals surface area contributed by atoms with E-state index in [1.165, 1.54) is 210 Å². The third-order valence-electron chi connectivity index (χ3n) is 39.0. The van der Waals surface area contributed by atoms with Gasteiger partial charge in [-0.2, -0.15) is 0 Å². The van der Waals surface area contributed by atoms with Crippen LogP contribution in [0.2, 0.25) is 0 Å². The molecular formula is C123H154B2N4O2. The van der Waals surface area contributed by atoms with Gasteiger partial charge in [0.05, 0.1) is 22.7 Å². The Morgan fingerprint density at radius 1 is 0.252 bits per heavy atom. The maximum atomic E-state index is 8.70. The Balaban J connectivity index is 0.740. The maximum Gasteiger partial charge on any atom is 0.297 e. The van der Waals surface area contributed by atoms with Crippen molar-refractivity contribution in [3.63, 3.8) is 0 Å². The van der Waals surface area contributed by atoms with Crippen LogP contribution in [0.5, 0.6) is 0 Å². The second-order valence-corrected chi connectivity index (χ2v) is 54.7. The van der Waals surface area contributed by atoms with Crippen molar-refractivity contribution in [2.75, 3.05) is 19.6 Å². The van der Waals surface area contributed by atoms with E-state index in [4.69, 9.17) is 8.83 Å². The lowest BCUT2D eigenvalue weighted by molar-refractivity contribution is 0.213. The van der Waals surface area contributed by atoms with E-state index in [1.807, 2.05) is 0 Å².